The summed E-state index contributed by atoms with van der Waals surface area (Å²) in [5.74, 6) is -1.11. The molecule has 0 aliphatic heterocycles. The number of para-hydroxylation sites is 1. The first-order valence-electron chi connectivity index (χ1n) is 14.5. The van der Waals surface area contributed by atoms with Crippen LogP contribution in [-0.4, -0.2) is 32.8 Å². The Labute approximate surface area is 270 Å². The molecular formula is C36H33N5O4S. The van der Waals surface area contributed by atoms with E-state index in [-0.39, 0.29) is 28.6 Å². The maximum absolute atomic E-state index is 13.3. The number of aryl methyl sites for hydroxylation is 1. The molecule has 0 fully saturated rings. The van der Waals surface area contributed by atoms with Crippen molar-refractivity contribution >= 4 is 46.9 Å². The second-order valence-corrected chi connectivity index (χ2v) is 11.6. The molecule has 4 aromatic carbocycles. The Morgan fingerprint density at radius 2 is 1.48 bits per heavy atom. The summed E-state index contributed by atoms with van der Waals surface area (Å²) in [6, 6.07) is 32.5. The highest BCUT2D eigenvalue weighted by Gasteiger charge is 2.19. The molecule has 0 saturated heterocycles. The summed E-state index contributed by atoms with van der Waals surface area (Å²) in [5.41, 5.74) is 4.12. The minimum Gasteiger partial charge on any atom is -0.321 e. The normalized spacial score (nSPS) is 11.2. The molecule has 0 spiro atoms. The van der Waals surface area contributed by atoms with Crippen molar-refractivity contribution in [3.63, 3.8) is 0 Å². The van der Waals surface area contributed by atoms with E-state index < -0.39 is 11.8 Å². The molecule has 3 amide bonds. The Hall–Kier alpha value is -5.61. The monoisotopic (exact) mass is 631 g/mol. The van der Waals surface area contributed by atoms with E-state index in [0.717, 1.165) is 16.0 Å². The average molecular weight is 632 g/mol. The Morgan fingerprint density at radius 3 is 2.15 bits per heavy atom. The zero-order valence-electron chi connectivity index (χ0n) is 25.6. The third-order valence-corrected chi connectivity index (χ3v) is 8.19. The first kappa shape index (κ1) is 31.8. The maximum Gasteiger partial charge on any atom is 0.295 e. The van der Waals surface area contributed by atoms with E-state index >= 15 is 0 Å². The average Bonchev–Trinajstić information content (AvgIpc) is 3.27. The van der Waals surface area contributed by atoms with Crippen molar-refractivity contribution in [3.05, 3.63) is 148 Å². The lowest BCUT2D eigenvalue weighted by atomic mass is 10.1. The largest absolute Gasteiger partial charge is 0.321 e. The summed E-state index contributed by atoms with van der Waals surface area (Å²) in [4.78, 5) is 52.9. The van der Waals surface area contributed by atoms with E-state index in [0.29, 0.717) is 22.6 Å². The van der Waals surface area contributed by atoms with Crippen molar-refractivity contribution in [1.29, 1.82) is 0 Å². The predicted molar refractivity (Wildman–Crippen MR) is 183 cm³/mol. The fourth-order valence-electron chi connectivity index (χ4n) is 4.74. The van der Waals surface area contributed by atoms with Crippen LogP contribution in [0.25, 0.3) is 11.8 Å². The molecule has 232 valence electrons. The summed E-state index contributed by atoms with van der Waals surface area (Å²) >= 11 is 1.30. The third-order valence-electron chi connectivity index (χ3n) is 7.18. The second kappa shape index (κ2) is 14.4. The molecule has 0 atom stereocenters. The lowest BCUT2D eigenvalue weighted by molar-refractivity contribution is -0.114. The van der Waals surface area contributed by atoms with Gasteiger partial charge in [-0.1, -0.05) is 66.2 Å². The molecular weight excluding hydrogens is 598 g/mol. The minimum atomic E-state index is -0.482. The zero-order chi connectivity index (χ0) is 32.6. The van der Waals surface area contributed by atoms with Crippen LogP contribution >= 0.6 is 11.8 Å². The molecule has 0 unspecified atom stereocenters. The Morgan fingerprint density at radius 1 is 0.804 bits per heavy atom. The van der Waals surface area contributed by atoms with Crippen LogP contribution in [0.2, 0.25) is 0 Å². The topological polar surface area (TPSA) is 114 Å². The molecule has 1 heterocycles. The highest BCUT2D eigenvalue weighted by molar-refractivity contribution is 8.00. The smallest absolute Gasteiger partial charge is 0.295 e. The molecule has 10 heteroatoms. The molecule has 5 rings (SSSR count). The number of nitrogens with one attached hydrogen (secondary N) is 3. The summed E-state index contributed by atoms with van der Waals surface area (Å²) in [6.45, 7) is 3.73. The molecule has 0 bridgehead atoms. The Kier molecular flexibility index (Phi) is 9.99. The summed E-state index contributed by atoms with van der Waals surface area (Å²) in [5, 5.41) is 8.35. The molecule has 1 aromatic heterocycles. The third kappa shape index (κ3) is 7.72. The molecule has 3 N–H and O–H groups in total. The van der Waals surface area contributed by atoms with Crippen molar-refractivity contribution in [2.75, 3.05) is 16.4 Å². The number of nitrogens with zero attached hydrogens (tertiary/aromatic N) is 2. The van der Waals surface area contributed by atoms with Crippen molar-refractivity contribution in [2.45, 2.75) is 18.7 Å². The van der Waals surface area contributed by atoms with Gasteiger partial charge >= 0.3 is 0 Å². The maximum atomic E-state index is 13.3. The predicted octanol–water partition coefficient (Wildman–Crippen LogP) is 5.93. The lowest BCUT2D eigenvalue weighted by Gasteiger charge is -2.12. The molecule has 0 aliphatic rings. The van der Waals surface area contributed by atoms with Crippen molar-refractivity contribution < 1.29 is 14.4 Å². The first-order chi connectivity index (χ1) is 22.2. The Bertz CT molecular complexity index is 1960. The van der Waals surface area contributed by atoms with Gasteiger partial charge in [0.25, 0.3) is 17.4 Å². The Balaban J connectivity index is 1.23. The van der Waals surface area contributed by atoms with Gasteiger partial charge in [0.1, 0.15) is 11.4 Å². The fraction of sp³-hybridized carbons (Fsp3) is 0.111. The van der Waals surface area contributed by atoms with Gasteiger partial charge in [-0.25, -0.2) is 4.68 Å². The number of aromatic nitrogens is 2. The zero-order valence-corrected chi connectivity index (χ0v) is 26.4. The van der Waals surface area contributed by atoms with E-state index in [1.165, 1.54) is 16.4 Å². The quantitative estimate of drug-likeness (QED) is 0.131. The van der Waals surface area contributed by atoms with E-state index in [9.17, 15) is 19.2 Å². The van der Waals surface area contributed by atoms with Gasteiger partial charge in [0.05, 0.1) is 17.1 Å². The molecule has 9 nitrogen and oxygen atoms in total. The van der Waals surface area contributed by atoms with E-state index in [1.54, 1.807) is 73.3 Å². The van der Waals surface area contributed by atoms with Gasteiger partial charge in [0, 0.05) is 23.2 Å². The van der Waals surface area contributed by atoms with Gasteiger partial charge in [-0.15, -0.1) is 11.8 Å². The number of amides is 3. The van der Waals surface area contributed by atoms with Gasteiger partial charge in [0.2, 0.25) is 5.91 Å². The number of hydrogen-bond donors (Lipinski definition) is 3. The number of rotatable bonds is 10. The van der Waals surface area contributed by atoms with Gasteiger partial charge in [-0.3, -0.25) is 23.9 Å². The minimum absolute atomic E-state index is 0.0830. The van der Waals surface area contributed by atoms with Crippen LogP contribution in [0.3, 0.4) is 0 Å². The van der Waals surface area contributed by atoms with Gasteiger partial charge in [-0.05, 0) is 74.0 Å². The summed E-state index contributed by atoms with van der Waals surface area (Å²) in [6.07, 6.45) is 1.63. The SMILES string of the molecule is Cc1cccc(/C=C(\NC(=O)c2ccccc2)C(=O)Nc2ccc(SCC(=O)Nc3c(C)n(C)n(-c4ccccc4)c3=O)cc2)c1. The van der Waals surface area contributed by atoms with Crippen LogP contribution in [-0.2, 0) is 16.6 Å². The van der Waals surface area contributed by atoms with Gasteiger partial charge in [0.15, 0.2) is 0 Å². The number of carbonyl (C=O) groups is 3. The molecule has 0 saturated carbocycles. The highest BCUT2D eigenvalue weighted by Crippen LogP contribution is 2.22. The van der Waals surface area contributed by atoms with Crippen molar-refractivity contribution in [3.8, 4) is 5.69 Å². The van der Waals surface area contributed by atoms with E-state index in [2.05, 4.69) is 16.0 Å². The van der Waals surface area contributed by atoms with Gasteiger partial charge < -0.3 is 16.0 Å². The lowest BCUT2D eigenvalue weighted by Crippen LogP contribution is -2.30. The van der Waals surface area contributed by atoms with Crippen molar-refractivity contribution in [2.24, 2.45) is 7.05 Å². The molecule has 0 aliphatic carbocycles. The summed E-state index contributed by atoms with van der Waals surface area (Å²) in [7, 11) is 1.77. The van der Waals surface area contributed by atoms with Crippen LogP contribution in [0.1, 0.15) is 27.2 Å². The molecule has 0 radical (unpaired) electrons. The van der Waals surface area contributed by atoms with E-state index in [1.807, 2.05) is 67.6 Å². The van der Waals surface area contributed by atoms with Gasteiger partial charge in [-0.2, -0.15) is 0 Å². The second-order valence-electron chi connectivity index (χ2n) is 10.5. The van der Waals surface area contributed by atoms with Crippen LogP contribution in [0.15, 0.2) is 125 Å². The molecule has 5 aromatic rings. The number of anilines is 2. The van der Waals surface area contributed by atoms with Crippen LogP contribution in [0.5, 0.6) is 0 Å². The standard InChI is InChI=1S/C36H33N5O4S/c1-24-11-10-12-26(21-24)22-31(38-34(43)27-13-6-4-7-14-27)35(44)37-28-17-19-30(20-18-28)46-23-32(42)39-33-25(2)40(3)41(36(33)45)29-15-8-5-9-16-29/h4-22H,23H2,1-3H3,(H,37,44)(H,38,43)(H,39,42)/b31-22-. The van der Waals surface area contributed by atoms with E-state index in [4.69, 9.17) is 0 Å². The summed E-state index contributed by atoms with van der Waals surface area (Å²) < 4.78 is 3.22. The highest BCUT2D eigenvalue weighted by atomic mass is 32.2. The van der Waals surface area contributed by atoms with Crippen LogP contribution in [0, 0.1) is 13.8 Å². The number of hydrogen-bond acceptors (Lipinski definition) is 5. The molecule has 46 heavy (non-hydrogen) atoms. The number of thioether (sulfide) groups is 1. The van der Waals surface area contributed by atoms with Crippen LogP contribution < -0.4 is 21.5 Å². The van der Waals surface area contributed by atoms with Crippen LogP contribution in [0.4, 0.5) is 11.4 Å². The number of benzene rings is 4. The first-order valence-corrected chi connectivity index (χ1v) is 15.5. The number of carbonyl (C=O) groups excluding carboxylic acids is 3. The van der Waals surface area contributed by atoms with Crippen molar-refractivity contribution in [1.82, 2.24) is 14.7 Å². The fourth-order valence-corrected chi connectivity index (χ4v) is 5.44.